The maximum Gasteiger partial charge on any atom is 0.128 e. The van der Waals surface area contributed by atoms with Crippen molar-refractivity contribution in [2.45, 2.75) is 38.2 Å². The van der Waals surface area contributed by atoms with Gasteiger partial charge >= 0.3 is 0 Å². The molecule has 2 aromatic rings. The van der Waals surface area contributed by atoms with E-state index in [2.05, 4.69) is 23.3 Å². The third kappa shape index (κ3) is 2.08. The topological polar surface area (TPSA) is 38.0 Å². The lowest BCUT2D eigenvalue weighted by molar-refractivity contribution is 0.0928. The van der Waals surface area contributed by atoms with E-state index in [0.717, 1.165) is 17.7 Å². The van der Waals surface area contributed by atoms with Crippen LogP contribution in [-0.2, 0) is 25.5 Å². The fraction of sp³-hybridized carbons (Fsp3) is 0.438. The van der Waals surface area contributed by atoms with Crippen molar-refractivity contribution in [3.63, 3.8) is 0 Å². The molecule has 0 saturated carbocycles. The van der Waals surface area contributed by atoms with E-state index in [9.17, 15) is 5.11 Å². The van der Waals surface area contributed by atoms with Gasteiger partial charge < -0.3 is 5.11 Å². The molecule has 0 saturated heterocycles. The highest BCUT2D eigenvalue weighted by Gasteiger charge is 2.29. The van der Waals surface area contributed by atoms with Gasteiger partial charge in [-0.25, -0.2) is 0 Å². The van der Waals surface area contributed by atoms with Gasteiger partial charge in [-0.05, 0) is 55.4 Å². The van der Waals surface area contributed by atoms with E-state index in [1.807, 2.05) is 20.0 Å². The largest absolute Gasteiger partial charge is 0.379 e. The Balaban J connectivity index is 2.04. The van der Waals surface area contributed by atoms with E-state index in [0.29, 0.717) is 0 Å². The summed E-state index contributed by atoms with van der Waals surface area (Å²) >= 11 is 0. The minimum Gasteiger partial charge on any atom is -0.379 e. The number of aromatic nitrogens is 2. The van der Waals surface area contributed by atoms with Crippen LogP contribution in [0, 0.1) is 0 Å². The molecule has 1 aliphatic rings. The minimum absolute atomic E-state index is 0.822. The van der Waals surface area contributed by atoms with E-state index in [4.69, 9.17) is 0 Å². The Labute approximate surface area is 113 Å². The van der Waals surface area contributed by atoms with Gasteiger partial charge in [0.05, 0.1) is 5.69 Å². The standard InChI is InChI=1S/C16H20N2O/c1-16(19,15-9-10-17-18(15)2)14-8-7-12-5-3-4-6-13(12)11-14/h7-11,19H,3-6H2,1-2H3. The molecule has 1 heterocycles. The van der Waals surface area contributed by atoms with Crippen molar-refractivity contribution in [2.75, 3.05) is 0 Å². The van der Waals surface area contributed by atoms with Crippen LogP contribution in [0.1, 0.15) is 42.1 Å². The molecule has 3 heteroatoms. The lowest BCUT2D eigenvalue weighted by atomic mass is 9.85. The van der Waals surface area contributed by atoms with Gasteiger partial charge in [0.2, 0.25) is 0 Å². The second-order valence-electron chi connectivity index (χ2n) is 5.60. The summed E-state index contributed by atoms with van der Waals surface area (Å²) in [5.74, 6) is 0. The summed E-state index contributed by atoms with van der Waals surface area (Å²) in [6, 6.07) is 8.27. The third-order valence-corrected chi connectivity index (χ3v) is 4.23. The van der Waals surface area contributed by atoms with Gasteiger partial charge in [0.15, 0.2) is 0 Å². The van der Waals surface area contributed by atoms with Crippen LogP contribution in [-0.4, -0.2) is 14.9 Å². The molecule has 1 aromatic heterocycles. The predicted octanol–water partition coefficient (Wildman–Crippen LogP) is 2.55. The quantitative estimate of drug-likeness (QED) is 0.896. The Morgan fingerprint density at radius 2 is 1.89 bits per heavy atom. The fourth-order valence-electron chi connectivity index (χ4n) is 3.04. The number of benzene rings is 1. The molecule has 1 aliphatic carbocycles. The van der Waals surface area contributed by atoms with Crippen LogP contribution in [0.2, 0.25) is 0 Å². The minimum atomic E-state index is -0.988. The molecule has 1 N–H and O–H groups in total. The molecule has 1 aromatic carbocycles. The maximum atomic E-state index is 10.9. The molecule has 0 aliphatic heterocycles. The highest BCUT2D eigenvalue weighted by molar-refractivity contribution is 5.39. The van der Waals surface area contributed by atoms with Gasteiger partial charge in [0.25, 0.3) is 0 Å². The molecular formula is C16H20N2O. The van der Waals surface area contributed by atoms with Crippen molar-refractivity contribution in [3.05, 3.63) is 52.8 Å². The van der Waals surface area contributed by atoms with Crippen molar-refractivity contribution in [1.82, 2.24) is 9.78 Å². The van der Waals surface area contributed by atoms with Crippen LogP contribution >= 0.6 is 0 Å². The normalized spacial score (nSPS) is 17.8. The summed E-state index contributed by atoms with van der Waals surface area (Å²) < 4.78 is 1.74. The van der Waals surface area contributed by atoms with Crippen molar-refractivity contribution in [3.8, 4) is 0 Å². The molecular weight excluding hydrogens is 236 g/mol. The predicted molar refractivity (Wildman–Crippen MR) is 75.0 cm³/mol. The van der Waals surface area contributed by atoms with Gasteiger partial charge in [0.1, 0.15) is 5.60 Å². The monoisotopic (exact) mass is 256 g/mol. The van der Waals surface area contributed by atoms with Crippen LogP contribution in [0.3, 0.4) is 0 Å². The highest BCUT2D eigenvalue weighted by atomic mass is 16.3. The van der Waals surface area contributed by atoms with Crippen LogP contribution in [0.4, 0.5) is 0 Å². The number of nitrogens with zero attached hydrogens (tertiary/aromatic N) is 2. The van der Waals surface area contributed by atoms with E-state index in [1.165, 1.54) is 30.4 Å². The van der Waals surface area contributed by atoms with Crippen LogP contribution in [0.25, 0.3) is 0 Å². The molecule has 1 unspecified atom stereocenters. The lowest BCUT2D eigenvalue weighted by Gasteiger charge is -2.26. The molecule has 0 radical (unpaired) electrons. The number of hydrogen-bond donors (Lipinski definition) is 1. The summed E-state index contributed by atoms with van der Waals surface area (Å²) in [4.78, 5) is 0. The average molecular weight is 256 g/mol. The van der Waals surface area contributed by atoms with E-state index >= 15 is 0 Å². The molecule has 0 amide bonds. The highest BCUT2D eigenvalue weighted by Crippen LogP contribution is 2.31. The number of hydrogen-bond acceptors (Lipinski definition) is 2. The molecule has 1 atom stereocenters. The number of rotatable bonds is 2. The Bertz CT molecular complexity index is 599. The van der Waals surface area contributed by atoms with Gasteiger partial charge in [-0.1, -0.05) is 18.2 Å². The van der Waals surface area contributed by atoms with Crippen molar-refractivity contribution >= 4 is 0 Å². The van der Waals surface area contributed by atoms with Gasteiger partial charge in [0, 0.05) is 13.2 Å². The van der Waals surface area contributed by atoms with E-state index in [-0.39, 0.29) is 0 Å². The van der Waals surface area contributed by atoms with Gasteiger partial charge in [-0.3, -0.25) is 4.68 Å². The zero-order valence-corrected chi connectivity index (χ0v) is 11.6. The SMILES string of the molecule is Cn1nccc1C(C)(O)c1ccc2c(c1)CCCC2. The number of aryl methyl sites for hydroxylation is 3. The fourth-order valence-corrected chi connectivity index (χ4v) is 3.04. The second-order valence-corrected chi connectivity index (χ2v) is 5.60. The zero-order chi connectivity index (χ0) is 13.5. The molecule has 3 nitrogen and oxygen atoms in total. The number of aliphatic hydroxyl groups is 1. The van der Waals surface area contributed by atoms with Crippen molar-refractivity contribution in [1.29, 1.82) is 0 Å². The summed E-state index contributed by atoms with van der Waals surface area (Å²) in [6.07, 6.45) is 6.56. The van der Waals surface area contributed by atoms with Crippen molar-refractivity contribution < 1.29 is 5.11 Å². The first kappa shape index (κ1) is 12.4. The third-order valence-electron chi connectivity index (χ3n) is 4.23. The lowest BCUT2D eigenvalue weighted by Crippen LogP contribution is -2.26. The maximum absolute atomic E-state index is 10.9. The zero-order valence-electron chi connectivity index (χ0n) is 11.6. The Morgan fingerprint density at radius 3 is 2.58 bits per heavy atom. The first-order valence-corrected chi connectivity index (χ1v) is 6.92. The molecule has 3 rings (SSSR count). The second kappa shape index (κ2) is 4.49. The Hall–Kier alpha value is -1.61. The molecule has 0 fully saturated rings. The summed E-state index contributed by atoms with van der Waals surface area (Å²) in [5, 5.41) is 15.0. The van der Waals surface area contributed by atoms with Crippen LogP contribution < -0.4 is 0 Å². The Kier molecular flexibility index (Phi) is 2.94. The summed E-state index contributed by atoms with van der Waals surface area (Å²) in [5.41, 5.74) is 3.62. The van der Waals surface area contributed by atoms with Crippen molar-refractivity contribution in [2.24, 2.45) is 7.05 Å². The first-order valence-electron chi connectivity index (χ1n) is 6.92. The summed E-state index contributed by atoms with van der Waals surface area (Å²) in [7, 11) is 1.86. The van der Waals surface area contributed by atoms with Gasteiger partial charge in [-0.2, -0.15) is 5.10 Å². The van der Waals surface area contributed by atoms with E-state index < -0.39 is 5.60 Å². The molecule has 0 spiro atoms. The summed E-state index contributed by atoms with van der Waals surface area (Å²) in [6.45, 7) is 1.84. The average Bonchev–Trinajstić information content (AvgIpc) is 2.85. The molecule has 100 valence electrons. The number of fused-ring (bicyclic) bond motifs is 1. The first-order chi connectivity index (χ1) is 9.09. The molecule has 19 heavy (non-hydrogen) atoms. The van der Waals surface area contributed by atoms with Crippen LogP contribution in [0.15, 0.2) is 30.5 Å². The molecule has 0 bridgehead atoms. The van der Waals surface area contributed by atoms with E-state index in [1.54, 1.807) is 10.9 Å². The Morgan fingerprint density at radius 1 is 1.16 bits per heavy atom. The van der Waals surface area contributed by atoms with Crippen LogP contribution in [0.5, 0.6) is 0 Å². The smallest absolute Gasteiger partial charge is 0.128 e. The van der Waals surface area contributed by atoms with Gasteiger partial charge in [-0.15, -0.1) is 0 Å².